The molecule has 6 nitrogen and oxygen atoms in total. The standard InChI is InChI=1S/C6H8N4O2/c1-3-2-4(7)5(10(11)12)6(8)9-3/h2H,1H3,(H4,7,8,9). The number of hydrogen-bond acceptors (Lipinski definition) is 5. The molecular weight excluding hydrogens is 160 g/mol. The van der Waals surface area contributed by atoms with Crippen molar-refractivity contribution < 1.29 is 4.92 Å². The average Bonchev–Trinajstić information content (AvgIpc) is 1.82. The molecule has 0 aliphatic heterocycles. The van der Waals surface area contributed by atoms with Crippen molar-refractivity contribution in [1.29, 1.82) is 0 Å². The maximum Gasteiger partial charge on any atom is 0.333 e. The van der Waals surface area contributed by atoms with Crippen LogP contribution in [0.3, 0.4) is 0 Å². The lowest BCUT2D eigenvalue weighted by atomic mass is 10.3. The molecule has 64 valence electrons. The summed E-state index contributed by atoms with van der Waals surface area (Å²) in [6.45, 7) is 1.66. The van der Waals surface area contributed by atoms with Gasteiger partial charge in [-0.15, -0.1) is 0 Å². The smallest absolute Gasteiger partial charge is 0.333 e. The van der Waals surface area contributed by atoms with Crippen molar-refractivity contribution in [3.63, 3.8) is 0 Å². The van der Waals surface area contributed by atoms with Crippen molar-refractivity contribution >= 4 is 17.2 Å². The zero-order valence-electron chi connectivity index (χ0n) is 6.44. The van der Waals surface area contributed by atoms with E-state index in [4.69, 9.17) is 11.5 Å². The first kappa shape index (κ1) is 8.25. The van der Waals surface area contributed by atoms with Gasteiger partial charge in [-0.25, -0.2) is 4.98 Å². The molecular formula is C6H8N4O2. The van der Waals surface area contributed by atoms with Gasteiger partial charge in [-0.05, 0) is 13.0 Å². The maximum atomic E-state index is 10.4. The van der Waals surface area contributed by atoms with E-state index in [0.29, 0.717) is 5.69 Å². The molecule has 0 amide bonds. The van der Waals surface area contributed by atoms with Crippen molar-refractivity contribution in [3.8, 4) is 0 Å². The maximum absolute atomic E-state index is 10.4. The predicted octanol–water partition coefficient (Wildman–Crippen LogP) is 0.463. The summed E-state index contributed by atoms with van der Waals surface area (Å²) in [5.74, 6) is -0.141. The molecule has 0 aliphatic carbocycles. The highest BCUT2D eigenvalue weighted by molar-refractivity contribution is 5.69. The topological polar surface area (TPSA) is 108 Å². The Morgan fingerprint density at radius 2 is 2.17 bits per heavy atom. The quantitative estimate of drug-likeness (QED) is 0.467. The number of rotatable bonds is 1. The molecule has 0 bridgehead atoms. The van der Waals surface area contributed by atoms with Crippen LogP contribution in [0.4, 0.5) is 17.2 Å². The van der Waals surface area contributed by atoms with Crippen LogP contribution in [0.1, 0.15) is 5.69 Å². The summed E-state index contributed by atoms with van der Waals surface area (Å²) in [5.41, 5.74) is 10.9. The van der Waals surface area contributed by atoms with E-state index in [9.17, 15) is 10.1 Å². The Kier molecular flexibility index (Phi) is 1.82. The SMILES string of the molecule is Cc1cc(N)c([N+](=O)[O-])c(N)n1. The van der Waals surface area contributed by atoms with E-state index in [0.717, 1.165) is 0 Å². The zero-order valence-corrected chi connectivity index (χ0v) is 6.44. The third-order valence-electron chi connectivity index (χ3n) is 1.36. The average molecular weight is 168 g/mol. The van der Waals surface area contributed by atoms with E-state index in [-0.39, 0.29) is 17.2 Å². The number of nitrogens with zero attached hydrogens (tertiary/aromatic N) is 2. The third-order valence-corrected chi connectivity index (χ3v) is 1.36. The Labute approximate surface area is 68.3 Å². The van der Waals surface area contributed by atoms with Gasteiger partial charge < -0.3 is 11.5 Å². The van der Waals surface area contributed by atoms with Crippen molar-refractivity contribution in [3.05, 3.63) is 21.9 Å². The van der Waals surface area contributed by atoms with Crippen LogP contribution in [0.2, 0.25) is 0 Å². The molecule has 6 heteroatoms. The highest BCUT2D eigenvalue weighted by Gasteiger charge is 2.17. The Bertz CT molecular complexity index is 313. The van der Waals surface area contributed by atoms with Crippen molar-refractivity contribution in [2.45, 2.75) is 6.92 Å². The Morgan fingerprint density at radius 3 is 2.58 bits per heavy atom. The number of nitrogen functional groups attached to an aromatic ring is 2. The number of aromatic nitrogens is 1. The molecule has 0 saturated carbocycles. The summed E-state index contributed by atoms with van der Waals surface area (Å²) in [4.78, 5) is 13.4. The molecule has 0 spiro atoms. The predicted molar refractivity (Wildman–Crippen MR) is 44.5 cm³/mol. The van der Waals surface area contributed by atoms with Crippen molar-refractivity contribution in [2.24, 2.45) is 0 Å². The van der Waals surface area contributed by atoms with Gasteiger partial charge in [0.25, 0.3) is 0 Å². The molecule has 12 heavy (non-hydrogen) atoms. The number of hydrogen-bond donors (Lipinski definition) is 2. The van der Waals surface area contributed by atoms with Gasteiger partial charge in [0.15, 0.2) is 0 Å². The van der Waals surface area contributed by atoms with Crippen LogP contribution >= 0.6 is 0 Å². The molecule has 0 unspecified atom stereocenters. The Morgan fingerprint density at radius 1 is 1.58 bits per heavy atom. The van der Waals surface area contributed by atoms with E-state index >= 15 is 0 Å². The molecule has 0 atom stereocenters. The minimum Gasteiger partial charge on any atom is -0.393 e. The molecule has 4 N–H and O–H groups in total. The van der Waals surface area contributed by atoms with Gasteiger partial charge in [-0.3, -0.25) is 10.1 Å². The monoisotopic (exact) mass is 168 g/mol. The number of nitrogens with two attached hydrogens (primary N) is 2. The van der Waals surface area contributed by atoms with Crippen molar-refractivity contribution in [2.75, 3.05) is 11.5 Å². The second-order valence-corrected chi connectivity index (χ2v) is 2.34. The number of nitro groups is 1. The summed E-state index contributed by atoms with van der Waals surface area (Å²) in [7, 11) is 0. The molecule has 0 radical (unpaired) electrons. The van der Waals surface area contributed by atoms with Crippen molar-refractivity contribution in [1.82, 2.24) is 4.98 Å². The summed E-state index contributed by atoms with van der Waals surface area (Å²) in [6.07, 6.45) is 0. The van der Waals surface area contributed by atoms with Gasteiger partial charge in [0.1, 0.15) is 5.69 Å². The lowest BCUT2D eigenvalue weighted by Gasteiger charge is -2.00. The van der Waals surface area contributed by atoms with Gasteiger partial charge in [0, 0.05) is 5.69 Å². The molecule has 0 saturated heterocycles. The van der Waals surface area contributed by atoms with Crippen LogP contribution in [0, 0.1) is 17.0 Å². The molecule has 1 aromatic rings. The third kappa shape index (κ3) is 1.26. The molecule has 1 heterocycles. The first-order valence-electron chi connectivity index (χ1n) is 3.19. The summed E-state index contributed by atoms with van der Waals surface area (Å²) >= 11 is 0. The van der Waals surface area contributed by atoms with E-state index in [2.05, 4.69) is 4.98 Å². The van der Waals surface area contributed by atoms with E-state index in [1.54, 1.807) is 6.92 Å². The van der Waals surface area contributed by atoms with E-state index < -0.39 is 4.92 Å². The highest BCUT2D eigenvalue weighted by atomic mass is 16.6. The first-order valence-corrected chi connectivity index (χ1v) is 3.19. The van der Waals surface area contributed by atoms with Gasteiger partial charge in [-0.1, -0.05) is 0 Å². The van der Waals surface area contributed by atoms with Crippen LogP contribution in [0.25, 0.3) is 0 Å². The fourth-order valence-corrected chi connectivity index (χ4v) is 0.915. The van der Waals surface area contributed by atoms with Gasteiger partial charge >= 0.3 is 5.69 Å². The number of pyridine rings is 1. The minimum atomic E-state index is -0.642. The molecule has 1 rings (SSSR count). The van der Waals surface area contributed by atoms with E-state index in [1.165, 1.54) is 6.07 Å². The molecule has 0 aliphatic rings. The van der Waals surface area contributed by atoms with Crippen LogP contribution in [0.5, 0.6) is 0 Å². The summed E-state index contributed by atoms with van der Waals surface area (Å²) in [6, 6.07) is 1.41. The Balaban J connectivity index is 3.38. The fourth-order valence-electron chi connectivity index (χ4n) is 0.915. The second kappa shape index (κ2) is 2.65. The summed E-state index contributed by atoms with van der Waals surface area (Å²) in [5, 5.41) is 10.4. The Hall–Kier alpha value is -1.85. The zero-order chi connectivity index (χ0) is 9.30. The lowest BCUT2D eigenvalue weighted by Crippen LogP contribution is -2.03. The van der Waals surface area contributed by atoms with Gasteiger partial charge in [-0.2, -0.15) is 0 Å². The molecule has 0 aromatic carbocycles. The highest BCUT2D eigenvalue weighted by Crippen LogP contribution is 2.26. The second-order valence-electron chi connectivity index (χ2n) is 2.34. The van der Waals surface area contributed by atoms with E-state index in [1.807, 2.05) is 0 Å². The summed E-state index contributed by atoms with van der Waals surface area (Å²) < 4.78 is 0. The van der Waals surface area contributed by atoms with Crippen LogP contribution in [0.15, 0.2) is 6.07 Å². The van der Waals surface area contributed by atoms with Crippen LogP contribution in [-0.2, 0) is 0 Å². The largest absolute Gasteiger partial charge is 0.393 e. The molecule has 0 fully saturated rings. The van der Waals surface area contributed by atoms with Crippen LogP contribution in [-0.4, -0.2) is 9.91 Å². The fraction of sp³-hybridized carbons (Fsp3) is 0.167. The first-order chi connectivity index (χ1) is 5.52. The normalized spacial score (nSPS) is 9.75. The lowest BCUT2D eigenvalue weighted by molar-refractivity contribution is -0.383. The number of anilines is 2. The van der Waals surface area contributed by atoms with Gasteiger partial charge in [0.05, 0.1) is 4.92 Å². The minimum absolute atomic E-state index is 0.0463. The van der Waals surface area contributed by atoms with Gasteiger partial charge in [0.2, 0.25) is 5.82 Å². The molecule has 1 aromatic heterocycles. The van der Waals surface area contributed by atoms with Crippen LogP contribution < -0.4 is 11.5 Å². The number of aryl methyl sites for hydroxylation is 1.